The van der Waals surface area contributed by atoms with E-state index in [-0.39, 0.29) is 36.9 Å². The maximum atomic E-state index is 12.2. The van der Waals surface area contributed by atoms with Crippen LogP contribution in [0.2, 0.25) is 0 Å². The van der Waals surface area contributed by atoms with Crippen LogP contribution >= 0.6 is 0 Å². The summed E-state index contributed by atoms with van der Waals surface area (Å²) in [5, 5.41) is 23.1. The zero-order chi connectivity index (χ0) is 25.7. The smallest absolute Gasteiger partial charge is 0.422 e. The number of ether oxygens (including phenoxy) is 2. The van der Waals surface area contributed by atoms with Gasteiger partial charge < -0.3 is 25.0 Å². The summed E-state index contributed by atoms with van der Waals surface area (Å²) in [5.41, 5.74) is 4.62. The van der Waals surface area contributed by atoms with Gasteiger partial charge in [-0.2, -0.15) is 13.2 Å². The Morgan fingerprint density at radius 3 is 2.22 bits per heavy atom. The van der Waals surface area contributed by atoms with Crippen molar-refractivity contribution in [2.45, 2.75) is 30.7 Å². The van der Waals surface area contributed by atoms with Gasteiger partial charge in [0.05, 0.1) is 6.10 Å². The summed E-state index contributed by atoms with van der Waals surface area (Å²) < 4.78 is 46.6. The highest BCUT2D eigenvalue weighted by molar-refractivity contribution is 5.79. The van der Waals surface area contributed by atoms with Gasteiger partial charge in [-0.25, -0.2) is 9.78 Å². The van der Waals surface area contributed by atoms with E-state index < -0.39 is 31.1 Å². The molecular weight excluding hydrogens is 477 g/mol. The molecule has 0 radical (unpaired) electrons. The molecule has 0 spiro atoms. The van der Waals surface area contributed by atoms with Crippen molar-refractivity contribution in [3.63, 3.8) is 0 Å². The van der Waals surface area contributed by atoms with Crippen molar-refractivity contribution in [2.75, 3.05) is 19.8 Å². The van der Waals surface area contributed by atoms with Gasteiger partial charge in [-0.3, -0.25) is 0 Å². The second kappa shape index (κ2) is 11.0. The number of nitrogens with zero attached hydrogens (tertiary/aromatic N) is 1. The molecule has 1 heterocycles. The summed E-state index contributed by atoms with van der Waals surface area (Å²) in [5.74, 6) is -0.333. The van der Waals surface area contributed by atoms with Crippen molar-refractivity contribution in [1.29, 1.82) is 0 Å². The SMILES string of the molecule is O=C(NCCC(O)C(O)c1ccc(OCC(F)(F)F)nc1)OCC1c2ccccc2-c2ccccc21. The Labute approximate surface area is 205 Å². The number of halogens is 3. The van der Waals surface area contributed by atoms with Crippen LogP contribution in [-0.4, -0.2) is 53.3 Å². The van der Waals surface area contributed by atoms with E-state index in [9.17, 15) is 28.2 Å². The van der Waals surface area contributed by atoms with Crippen LogP contribution in [0.15, 0.2) is 66.9 Å². The first-order chi connectivity index (χ1) is 17.2. The van der Waals surface area contributed by atoms with Crippen LogP contribution in [0.25, 0.3) is 11.1 Å². The van der Waals surface area contributed by atoms with Gasteiger partial charge in [-0.1, -0.05) is 48.5 Å². The summed E-state index contributed by atoms with van der Waals surface area (Å²) >= 11 is 0. The minimum absolute atomic E-state index is 0.0116. The molecule has 0 fully saturated rings. The van der Waals surface area contributed by atoms with Crippen LogP contribution < -0.4 is 10.1 Å². The maximum absolute atomic E-state index is 12.2. The second-order valence-corrected chi connectivity index (χ2v) is 8.39. The Hall–Kier alpha value is -3.63. The fourth-order valence-corrected chi connectivity index (χ4v) is 4.16. The van der Waals surface area contributed by atoms with E-state index in [0.717, 1.165) is 28.5 Å². The van der Waals surface area contributed by atoms with E-state index in [1.54, 1.807) is 0 Å². The number of amides is 1. The topological polar surface area (TPSA) is 101 Å². The van der Waals surface area contributed by atoms with Gasteiger partial charge in [0.2, 0.25) is 5.88 Å². The third-order valence-electron chi connectivity index (χ3n) is 5.90. The molecule has 0 saturated carbocycles. The van der Waals surface area contributed by atoms with Crippen LogP contribution in [0.1, 0.15) is 35.1 Å². The number of carbonyl (C=O) groups is 1. The minimum atomic E-state index is -4.49. The fraction of sp³-hybridized carbons (Fsp3) is 0.308. The number of fused-ring (bicyclic) bond motifs is 3. The lowest BCUT2D eigenvalue weighted by Crippen LogP contribution is -2.30. The molecular formula is C26H25F3N2O5. The van der Waals surface area contributed by atoms with Crippen molar-refractivity contribution in [2.24, 2.45) is 0 Å². The summed E-state index contributed by atoms with van der Waals surface area (Å²) in [7, 11) is 0. The molecule has 2 unspecified atom stereocenters. The van der Waals surface area contributed by atoms with Crippen molar-refractivity contribution >= 4 is 6.09 Å². The third-order valence-corrected chi connectivity index (χ3v) is 5.90. The lowest BCUT2D eigenvalue weighted by molar-refractivity contribution is -0.154. The number of nitrogens with one attached hydrogen (secondary N) is 1. The Morgan fingerprint density at radius 2 is 1.64 bits per heavy atom. The summed E-state index contributed by atoms with van der Waals surface area (Å²) in [4.78, 5) is 15.9. The molecule has 36 heavy (non-hydrogen) atoms. The number of aromatic nitrogens is 1. The molecule has 1 aliphatic carbocycles. The quantitative estimate of drug-likeness (QED) is 0.402. The van der Waals surface area contributed by atoms with Crippen molar-refractivity contribution in [3.8, 4) is 17.0 Å². The lowest BCUT2D eigenvalue weighted by Gasteiger charge is -2.19. The zero-order valence-corrected chi connectivity index (χ0v) is 19.1. The molecule has 2 aromatic carbocycles. The molecule has 1 aromatic heterocycles. The van der Waals surface area contributed by atoms with Gasteiger partial charge in [0.1, 0.15) is 12.7 Å². The number of hydrogen-bond acceptors (Lipinski definition) is 6. The highest BCUT2D eigenvalue weighted by Gasteiger charge is 2.30. The van der Waals surface area contributed by atoms with Gasteiger partial charge in [0, 0.05) is 30.3 Å². The van der Waals surface area contributed by atoms with Crippen LogP contribution in [0, 0.1) is 0 Å². The number of carbonyl (C=O) groups excluding carboxylic acids is 1. The summed E-state index contributed by atoms with van der Waals surface area (Å²) in [6.45, 7) is -1.29. The number of alkyl carbamates (subject to hydrolysis) is 1. The average molecular weight is 502 g/mol. The molecule has 4 rings (SSSR count). The maximum Gasteiger partial charge on any atom is 0.422 e. The zero-order valence-electron chi connectivity index (χ0n) is 19.1. The number of aliphatic hydroxyl groups is 2. The Morgan fingerprint density at radius 1 is 1.00 bits per heavy atom. The Bertz CT molecular complexity index is 1140. The van der Waals surface area contributed by atoms with Gasteiger partial charge in [0.15, 0.2) is 6.61 Å². The largest absolute Gasteiger partial charge is 0.468 e. The Balaban J connectivity index is 1.23. The molecule has 190 valence electrons. The van der Waals surface area contributed by atoms with E-state index in [0.29, 0.717) is 0 Å². The normalized spacial score (nSPS) is 14.5. The molecule has 3 aromatic rings. The van der Waals surface area contributed by atoms with E-state index in [1.807, 2.05) is 48.5 Å². The molecule has 1 aliphatic rings. The predicted molar refractivity (Wildman–Crippen MR) is 124 cm³/mol. The first-order valence-corrected chi connectivity index (χ1v) is 11.3. The standard InChI is InChI=1S/C26H25F3N2O5/c27-26(28,29)15-36-23-10-9-16(13-31-23)24(33)22(32)11-12-30-25(34)35-14-21-19-7-3-1-5-17(19)18-6-2-4-8-20(18)21/h1-10,13,21-22,24,32-33H,11-12,14-15H2,(H,30,34). The number of aliphatic hydroxyl groups excluding tert-OH is 2. The van der Waals surface area contributed by atoms with Crippen molar-refractivity contribution in [1.82, 2.24) is 10.3 Å². The molecule has 1 amide bonds. The van der Waals surface area contributed by atoms with Gasteiger partial charge in [0.25, 0.3) is 0 Å². The summed E-state index contributed by atoms with van der Waals surface area (Å²) in [6, 6.07) is 18.4. The molecule has 0 aliphatic heterocycles. The van der Waals surface area contributed by atoms with Crippen LogP contribution in [0.5, 0.6) is 5.88 Å². The predicted octanol–water partition coefficient (Wildman–Crippen LogP) is 4.35. The van der Waals surface area contributed by atoms with E-state index in [4.69, 9.17) is 4.74 Å². The molecule has 10 heteroatoms. The molecule has 0 saturated heterocycles. The van der Waals surface area contributed by atoms with Crippen LogP contribution in [0.4, 0.5) is 18.0 Å². The number of rotatable bonds is 9. The highest BCUT2D eigenvalue weighted by Crippen LogP contribution is 2.44. The van der Waals surface area contributed by atoms with E-state index in [1.165, 1.54) is 12.1 Å². The van der Waals surface area contributed by atoms with Crippen molar-refractivity contribution in [3.05, 3.63) is 83.6 Å². The number of hydrogen-bond donors (Lipinski definition) is 3. The molecule has 2 atom stereocenters. The van der Waals surface area contributed by atoms with Crippen LogP contribution in [-0.2, 0) is 4.74 Å². The number of pyridine rings is 1. The lowest BCUT2D eigenvalue weighted by atomic mass is 9.98. The van der Waals surface area contributed by atoms with Crippen LogP contribution in [0.3, 0.4) is 0 Å². The van der Waals surface area contributed by atoms with E-state index in [2.05, 4.69) is 15.0 Å². The molecule has 3 N–H and O–H groups in total. The molecule has 7 nitrogen and oxygen atoms in total. The fourth-order valence-electron chi connectivity index (χ4n) is 4.16. The third kappa shape index (κ3) is 6.13. The minimum Gasteiger partial charge on any atom is -0.468 e. The van der Waals surface area contributed by atoms with Gasteiger partial charge in [-0.05, 0) is 34.7 Å². The number of alkyl halides is 3. The van der Waals surface area contributed by atoms with Gasteiger partial charge in [-0.15, -0.1) is 0 Å². The van der Waals surface area contributed by atoms with E-state index >= 15 is 0 Å². The van der Waals surface area contributed by atoms with Crippen molar-refractivity contribution < 1.29 is 37.7 Å². The summed E-state index contributed by atoms with van der Waals surface area (Å²) in [6.07, 6.45) is -6.60. The monoisotopic (exact) mass is 502 g/mol. The molecule has 0 bridgehead atoms. The second-order valence-electron chi connectivity index (χ2n) is 8.39. The first-order valence-electron chi connectivity index (χ1n) is 11.3. The number of benzene rings is 2. The average Bonchev–Trinajstić information content (AvgIpc) is 3.19. The Kier molecular flexibility index (Phi) is 7.76. The highest BCUT2D eigenvalue weighted by atomic mass is 19.4. The van der Waals surface area contributed by atoms with Gasteiger partial charge >= 0.3 is 12.3 Å². The first kappa shape index (κ1) is 25.5.